The normalized spacial score (nSPS) is 11.5. The van der Waals surface area contributed by atoms with Gasteiger partial charge in [0.1, 0.15) is 11.2 Å². The van der Waals surface area contributed by atoms with Gasteiger partial charge in [-0.15, -0.1) is 0 Å². The van der Waals surface area contributed by atoms with Gasteiger partial charge in [0.25, 0.3) is 5.82 Å². The van der Waals surface area contributed by atoms with Crippen molar-refractivity contribution in [3.63, 3.8) is 0 Å². The molecular weight excluding hydrogens is 1460 g/mol. The van der Waals surface area contributed by atoms with Crippen LogP contribution in [0.3, 0.4) is 0 Å². The zero-order valence-corrected chi connectivity index (χ0v) is 65.3. The number of hydrogen-bond acceptors (Lipinski definition) is 4. The van der Waals surface area contributed by atoms with Crippen LogP contribution >= 0.6 is 0 Å². The van der Waals surface area contributed by atoms with Crippen molar-refractivity contribution in [2.75, 3.05) is 0 Å². The molecule has 0 unspecified atom stereocenters. The first-order chi connectivity index (χ1) is 59.5. The highest BCUT2D eigenvalue weighted by atomic mass is 16.3. The predicted molar refractivity (Wildman–Crippen MR) is 500 cm³/mol. The largest absolute Gasteiger partial charge is 0.435 e. The van der Waals surface area contributed by atoms with Crippen molar-refractivity contribution in [1.29, 1.82) is 0 Å². The molecule has 0 radical (unpaired) electrons. The average molecular weight is 1530 g/mol. The topological polar surface area (TPSA) is 71.5 Å². The monoisotopic (exact) mass is 1530 g/mol. The molecule has 1 N–H and O–H groups in total. The Morgan fingerprint density at radius 1 is 0.200 bits per heavy atom. The van der Waals surface area contributed by atoms with Gasteiger partial charge in [0.15, 0.2) is 16.6 Å². The summed E-state index contributed by atoms with van der Waals surface area (Å²) < 4.78 is 8.92. The third-order valence-corrected chi connectivity index (χ3v) is 23.6. The lowest BCUT2D eigenvalue weighted by Gasteiger charge is -2.16. The second-order valence-corrected chi connectivity index (χ2v) is 30.7. The zero-order valence-electron chi connectivity index (χ0n) is 65.3. The molecule has 4 aromatic heterocycles. The molecule has 19 aromatic carbocycles. The molecule has 0 aliphatic heterocycles. The van der Waals surface area contributed by atoms with Crippen LogP contribution in [0.25, 0.3) is 227 Å². The lowest BCUT2D eigenvalue weighted by molar-refractivity contribution is -0.554. The van der Waals surface area contributed by atoms with Crippen LogP contribution in [0.5, 0.6) is 0 Å². The number of para-hydroxylation sites is 3. The maximum atomic E-state index is 6.61. The number of oxazole rings is 1. The molecule has 6 heteroatoms. The Morgan fingerprint density at radius 2 is 0.492 bits per heavy atom. The van der Waals surface area contributed by atoms with Crippen molar-refractivity contribution < 1.29 is 8.98 Å². The van der Waals surface area contributed by atoms with Crippen molar-refractivity contribution in [2.45, 2.75) is 0 Å². The van der Waals surface area contributed by atoms with Gasteiger partial charge >= 0.3 is 0 Å². The number of aromatic nitrogens is 5. The molecule has 0 saturated carbocycles. The van der Waals surface area contributed by atoms with E-state index in [2.05, 4.69) is 452 Å². The van der Waals surface area contributed by atoms with E-state index >= 15 is 0 Å². The van der Waals surface area contributed by atoms with Gasteiger partial charge in [0.05, 0.1) is 28.0 Å². The van der Waals surface area contributed by atoms with E-state index in [1.807, 2.05) is 0 Å². The Labute approximate surface area is 694 Å². The van der Waals surface area contributed by atoms with E-state index in [0.29, 0.717) is 5.89 Å². The summed E-state index contributed by atoms with van der Waals surface area (Å²) in [6.07, 6.45) is 0. The van der Waals surface area contributed by atoms with Crippen molar-refractivity contribution in [2.24, 2.45) is 0 Å². The van der Waals surface area contributed by atoms with E-state index in [1.54, 1.807) is 0 Å². The molecule has 4 heterocycles. The maximum Gasteiger partial charge on any atom is 0.292 e. The zero-order chi connectivity index (χ0) is 79.4. The highest BCUT2D eigenvalue weighted by molar-refractivity contribution is 6.23. The Hall–Kier alpha value is -16.0. The first-order valence-corrected chi connectivity index (χ1v) is 40.8. The summed E-state index contributed by atoms with van der Waals surface area (Å²) in [5.41, 5.74) is 31.9. The highest BCUT2D eigenvalue weighted by Crippen LogP contribution is 2.46. The number of nitrogens with zero attached hydrogens (tertiary/aromatic N) is 4. The minimum absolute atomic E-state index is 0.612. The summed E-state index contributed by atoms with van der Waals surface area (Å²) in [7, 11) is 0. The Kier molecular flexibility index (Phi) is 17.8. The van der Waals surface area contributed by atoms with Crippen LogP contribution in [0.1, 0.15) is 0 Å². The van der Waals surface area contributed by atoms with E-state index in [4.69, 9.17) is 19.4 Å². The molecule has 0 aliphatic rings. The third kappa shape index (κ3) is 13.0. The number of nitrogens with one attached hydrogen (secondary N) is 1. The maximum absolute atomic E-state index is 6.61. The number of benzene rings is 19. The quantitative estimate of drug-likeness (QED) is 0.0922. The van der Waals surface area contributed by atoms with Crippen LogP contribution in [0.4, 0.5) is 0 Å². The van der Waals surface area contributed by atoms with Crippen molar-refractivity contribution in [3.8, 4) is 140 Å². The summed E-state index contributed by atoms with van der Waals surface area (Å²) in [6.45, 7) is 0. The molecule has 23 rings (SSSR count). The van der Waals surface area contributed by atoms with E-state index in [-0.39, 0.29) is 0 Å². The van der Waals surface area contributed by atoms with E-state index in [0.717, 1.165) is 155 Å². The molecule has 0 aliphatic carbocycles. The van der Waals surface area contributed by atoms with Crippen LogP contribution in [0.2, 0.25) is 0 Å². The van der Waals surface area contributed by atoms with Gasteiger partial charge in [0, 0.05) is 49.0 Å². The van der Waals surface area contributed by atoms with E-state index in [1.165, 1.54) is 66.2 Å². The van der Waals surface area contributed by atoms with Crippen molar-refractivity contribution in [1.82, 2.24) is 19.9 Å². The second-order valence-electron chi connectivity index (χ2n) is 30.7. The summed E-state index contributed by atoms with van der Waals surface area (Å²) >= 11 is 0. The van der Waals surface area contributed by atoms with Gasteiger partial charge in [-0.1, -0.05) is 370 Å². The molecule has 560 valence electrons. The summed E-state index contributed by atoms with van der Waals surface area (Å²) in [4.78, 5) is 19.7. The number of pyridine rings is 2. The highest BCUT2D eigenvalue weighted by Gasteiger charge is 2.25. The van der Waals surface area contributed by atoms with Gasteiger partial charge in [0.2, 0.25) is 5.89 Å². The molecule has 0 bridgehead atoms. The van der Waals surface area contributed by atoms with Crippen LogP contribution in [0.15, 0.2) is 447 Å². The van der Waals surface area contributed by atoms with Gasteiger partial charge in [-0.2, -0.15) is 4.57 Å². The molecule has 0 saturated heterocycles. The summed E-state index contributed by atoms with van der Waals surface area (Å²) in [6, 6.07) is 158. The number of aromatic amines is 1. The van der Waals surface area contributed by atoms with Crippen molar-refractivity contribution >= 4 is 87.0 Å². The molecule has 0 amide bonds. The Bertz CT molecular complexity index is 7720. The first kappa shape index (κ1) is 70.6. The van der Waals surface area contributed by atoms with Gasteiger partial charge in [-0.05, 0) is 183 Å². The number of hydrogen-bond donors (Lipinski definition) is 1. The van der Waals surface area contributed by atoms with Crippen LogP contribution in [-0.2, 0) is 0 Å². The first-order valence-electron chi connectivity index (χ1n) is 40.8. The van der Waals surface area contributed by atoms with Crippen LogP contribution in [-0.4, -0.2) is 19.9 Å². The van der Waals surface area contributed by atoms with Crippen LogP contribution in [0, 0.1) is 0 Å². The molecule has 6 nitrogen and oxygen atoms in total. The third-order valence-electron chi connectivity index (χ3n) is 23.6. The molecule has 0 atom stereocenters. The van der Waals surface area contributed by atoms with Gasteiger partial charge in [-0.3, -0.25) is 0 Å². The smallest absolute Gasteiger partial charge is 0.292 e. The molecule has 0 fully saturated rings. The fourth-order valence-corrected chi connectivity index (χ4v) is 17.6. The van der Waals surface area contributed by atoms with Crippen molar-refractivity contribution in [3.05, 3.63) is 443 Å². The lowest BCUT2D eigenvalue weighted by Crippen LogP contribution is -2.31. The average Bonchev–Trinajstić information content (AvgIpc) is 0.989. The molecular formula is C114H74N5O+. The summed E-state index contributed by atoms with van der Waals surface area (Å²) in [5, 5.41) is 11.3. The molecule has 120 heavy (non-hydrogen) atoms. The van der Waals surface area contributed by atoms with Gasteiger partial charge < -0.3 is 4.42 Å². The predicted octanol–water partition coefficient (Wildman–Crippen LogP) is 30.0. The fraction of sp³-hybridized carbons (Fsp3) is 0. The Morgan fingerprint density at radius 3 is 0.908 bits per heavy atom. The standard InChI is InChI=1S/C58H36N2O.C56H37N3/c1-3-13-37(14-4-1)39-23-27-42(28-24-39)52-36-54(43-31-25-40(26-32-43)38-15-5-2-6-16-38)59-55-48-20-10-8-19-47(48)51(35-53(52)55)41-29-33-44(34-30-41)58-60-56-49-21-11-7-17-45(49)46-18-9-12-22-50(46)57(56)61-58;1-4-14-38(15-5-1)40-24-28-43(29-25-40)50-37-53(44-32-26-41(27-33-44)39-16-6-2-7-17-39)57-55-48-21-11-10-20-47(48)49(36-51(50)55)42-30-34-45(35-31-42)56-58-52-22-12-13-23-54(52)59(56)46-18-8-3-9-19-46/h1-36H;1-37H/p+1. The fourth-order valence-electron chi connectivity index (χ4n) is 17.6. The molecule has 0 spiro atoms. The lowest BCUT2D eigenvalue weighted by atomic mass is 9.90. The SMILES string of the molecule is c1ccc(-c2ccc(-c3cc(-c4ccc(-c5ccccc5)cc4)c4cc(-c5ccc(-c6[nH]c7ccccc7[n+]6-c6ccccc6)cc5)c5ccccc5c4n3)cc2)cc1.c1ccc(-c2ccc(-c3cc(-c4ccc(-c5ccccc5)cc4)c4cc(-c5ccc(-c6nc7c8ccccc8c8ccccc8c7o6)cc5)c5ccccc5c4n3)cc2)cc1. The van der Waals surface area contributed by atoms with Gasteiger partial charge in [-0.25, -0.2) is 19.9 Å². The number of rotatable bonds is 13. The van der Waals surface area contributed by atoms with E-state index < -0.39 is 0 Å². The molecule has 23 aromatic rings. The second kappa shape index (κ2) is 30.3. The number of imidazole rings is 1. The van der Waals surface area contributed by atoms with E-state index in [9.17, 15) is 0 Å². The minimum Gasteiger partial charge on any atom is -0.435 e. The summed E-state index contributed by atoms with van der Waals surface area (Å²) in [5.74, 6) is 1.66. The minimum atomic E-state index is 0.612. The number of fused-ring (bicyclic) bond motifs is 13. The Balaban J connectivity index is 0.000000144. The number of H-pyrrole nitrogens is 1. The van der Waals surface area contributed by atoms with Crippen LogP contribution < -0.4 is 4.57 Å².